The molecule has 1 aliphatic heterocycles. The second-order valence-corrected chi connectivity index (χ2v) is 13.0. The number of aliphatic hydroxyl groups is 1. The van der Waals surface area contributed by atoms with E-state index in [0.29, 0.717) is 58.8 Å². The summed E-state index contributed by atoms with van der Waals surface area (Å²) in [4.78, 5) is 47.7. The first-order valence-electron chi connectivity index (χ1n) is 16.0. The fourth-order valence-corrected chi connectivity index (χ4v) is 5.79. The third kappa shape index (κ3) is 6.88. The lowest BCUT2D eigenvalue weighted by molar-refractivity contribution is -0.126. The number of amides is 1. The van der Waals surface area contributed by atoms with Gasteiger partial charge in [0.2, 0.25) is 5.91 Å². The minimum atomic E-state index is -1.58. The van der Waals surface area contributed by atoms with Gasteiger partial charge in [-0.15, -0.1) is 0 Å². The highest BCUT2D eigenvalue weighted by Gasteiger charge is 2.46. The number of rotatable bonds is 13. The number of ketones is 2. The topological polar surface area (TPSA) is 128 Å². The van der Waals surface area contributed by atoms with E-state index in [4.69, 9.17) is 14.5 Å². The average Bonchev–Trinajstić information content (AvgIpc) is 3.81. The standard InChI is InChI=1S/C37H38FN3O6/c1-22(42)6-4-17-40-35(44)36(2)21-46-34-28(36)20-31(41-33(34)23-8-10-26(38)11-9-23)37(3,45)15-14-29(43)25-18-24-7-5-16-39-32(24)30(19-25)47-27-12-13-27/h5,7-11,16,18-20,27,45H,4,6,12-15,17,21H2,1-3H3,(H,40,44)/t36-,37-/m0/s1. The number of Topliss-reactive ketones (excluding diaryl/α,β-unsaturated/α-hetero) is 2. The number of halogens is 1. The molecule has 2 N–H and O–H groups in total. The van der Waals surface area contributed by atoms with Crippen LogP contribution in [0.25, 0.3) is 22.2 Å². The molecule has 2 aromatic carbocycles. The van der Waals surface area contributed by atoms with Gasteiger partial charge in [-0.3, -0.25) is 14.6 Å². The van der Waals surface area contributed by atoms with Gasteiger partial charge in [0, 0.05) is 47.7 Å². The van der Waals surface area contributed by atoms with E-state index in [9.17, 15) is 23.9 Å². The van der Waals surface area contributed by atoms with Crippen LogP contribution < -0.4 is 14.8 Å². The van der Waals surface area contributed by atoms with Crippen molar-refractivity contribution in [3.05, 3.63) is 83.4 Å². The van der Waals surface area contributed by atoms with Crippen molar-refractivity contribution in [1.82, 2.24) is 15.3 Å². The Bertz CT molecular complexity index is 1850. The van der Waals surface area contributed by atoms with E-state index in [0.717, 1.165) is 18.2 Å². The van der Waals surface area contributed by atoms with Crippen LogP contribution in [0.1, 0.15) is 80.9 Å². The quantitative estimate of drug-likeness (QED) is 0.135. The van der Waals surface area contributed by atoms with E-state index in [2.05, 4.69) is 10.3 Å². The van der Waals surface area contributed by atoms with Crippen molar-refractivity contribution < 1.29 is 33.4 Å². The maximum absolute atomic E-state index is 13.9. The molecule has 1 fully saturated rings. The molecule has 0 radical (unpaired) electrons. The van der Waals surface area contributed by atoms with E-state index in [1.165, 1.54) is 19.1 Å². The Morgan fingerprint density at radius 2 is 1.89 bits per heavy atom. The van der Waals surface area contributed by atoms with Crippen LogP contribution in [0.15, 0.2) is 60.8 Å². The van der Waals surface area contributed by atoms with Crippen LogP contribution in [0.4, 0.5) is 4.39 Å². The van der Waals surface area contributed by atoms with Crippen molar-refractivity contribution in [3.63, 3.8) is 0 Å². The molecule has 10 heteroatoms. The SMILES string of the molecule is CC(=O)CCCNC(=O)[C@@]1(C)COc2c1cc([C@@](C)(O)CCC(=O)c1cc(OC3CC3)c3ncccc3c1)nc2-c1ccc(F)cc1. The number of pyridine rings is 2. The fourth-order valence-electron chi connectivity index (χ4n) is 5.79. The van der Waals surface area contributed by atoms with Gasteiger partial charge < -0.3 is 24.7 Å². The number of nitrogens with one attached hydrogen (secondary N) is 1. The molecule has 4 aromatic rings. The molecule has 47 heavy (non-hydrogen) atoms. The van der Waals surface area contributed by atoms with Gasteiger partial charge >= 0.3 is 0 Å². The van der Waals surface area contributed by atoms with Crippen LogP contribution in [0.2, 0.25) is 0 Å². The van der Waals surface area contributed by atoms with Gasteiger partial charge in [-0.2, -0.15) is 0 Å². The number of fused-ring (bicyclic) bond motifs is 2. The molecular formula is C37H38FN3O6. The summed E-state index contributed by atoms with van der Waals surface area (Å²) in [6.45, 7) is 5.21. The van der Waals surface area contributed by atoms with E-state index < -0.39 is 16.8 Å². The summed E-state index contributed by atoms with van der Waals surface area (Å²) >= 11 is 0. The molecular weight excluding hydrogens is 601 g/mol. The van der Waals surface area contributed by atoms with Gasteiger partial charge in [-0.1, -0.05) is 6.07 Å². The Labute approximate surface area is 272 Å². The van der Waals surface area contributed by atoms with E-state index in [-0.39, 0.29) is 48.7 Å². The minimum Gasteiger partial charge on any atom is -0.489 e. The molecule has 0 bridgehead atoms. The number of ether oxygens (including phenoxy) is 2. The fraction of sp³-hybridized carbons (Fsp3) is 0.378. The Balaban J connectivity index is 1.29. The number of carbonyl (C=O) groups excluding carboxylic acids is 3. The molecule has 0 unspecified atom stereocenters. The molecule has 2 atom stereocenters. The number of hydrogen-bond acceptors (Lipinski definition) is 8. The second kappa shape index (κ2) is 12.8. The van der Waals surface area contributed by atoms with Crippen LogP contribution in [0.5, 0.6) is 11.5 Å². The molecule has 2 aromatic heterocycles. The van der Waals surface area contributed by atoms with Crippen molar-refractivity contribution in [2.45, 2.75) is 76.4 Å². The van der Waals surface area contributed by atoms with Gasteiger partial charge in [0.15, 0.2) is 5.78 Å². The molecule has 6 rings (SSSR count). The van der Waals surface area contributed by atoms with Crippen LogP contribution >= 0.6 is 0 Å². The molecule has 244 valence electrons. The van der Waals surface area contributed by atoms with Gasteiger partial charge in [0.1, 0.15) is 51.9 Å². The summed E-state index contributed by atoms with van der Waals surface area (Å²) in [6.07, 6.45) is 4.68. The number of nitrogens with zero attached hydrogens (tertiary/aromatic N) is 2. The first-order chi connectivity index (χ1) is 22.4. The number of hydrogen-bond donors (Lipinski definition) is 2. The smallest absolute Gasteiger partial charge is 0.234 e. The predicted molar refractivity (Wildman–Crippen MR) is 174 cm³/mol. The monoisotopic (exact) mass is 639 g/mol. The Kier molecular flexibility index (Phi) is 8.80. The molecule has 0 spiro atoms. The first-order valence-corrected chi connectivity index (χ1v) is 16.0. The number of aromatic nitrogens is 2. The largest absolute Gasteiger partial charge is 0.489 e. The second-order valence-electron chi connectivity index (χ2n) is 13.0. The van der Waals surface area contributed by atoms with Gasteiger partial charge in [0.25, 0.3) is 0 Å². The highest BCUT2D eigenvalue weighted by Crippen LogP contribution is 2.46. The number of carbonyl (C=O) groups is 3. The normalized spacial score (nSPS) is 18.2. The van der Waals surface area contributed by atoms with Crippen molar-refractivity contribution in [1.29, 1.82) is 0 Å². The molecule has 1 amide bonds. The van der Waals surface area contributed by atoms with Crippen molar-refractivity contribution in [2.75, 3.05) is 13.2 Å². The van der Waals surface area contributed by atoms with Crippen LogP contribution in [0, 0.1) is 5.82 Å². The minimum absolute atomic E-state index is 0.0106. The third-order valence-corrected chi connectivity index (χ3v) is 8.88. The molecule has 1 aliphatic carbocycles. The molecule has 0 saturated heterocycles. The molecule has 1 saturated carbocycles. The van der Waals surface area contributed by atoms with Gasteiger partial charge in [-0.25, -0.2) is 9.37 Å². The highest BCUT2D eigenvalue weighted by molar-refractivity contribution is 6.01. The predicted octanol–water partition coefficient (Wildman–Crippen LogP) is 5.98. The molecule has 2 aliphatic rings. The zero-order valence-electron chi connectivity index (χ0n) is 26.8. The molecule has 9 nitrogen and oxygen atoms in total. The summed E-state index contributed by atoms with van der Waals surface area (Å²) in [5.74, 6) is 0.120. The summed E-state index contributed by atoms with van der Waals surface area (Å²) in [5, 5.41) is 15.5. The van der Waals surface area contributed by atoms with Crippen molar-refractivity contribution in [3.8, 4) is 22.8 Å². The lowest BCUT2D eigenvalue weighted by atomic mass is 9.81. The van der Waals surface area contributed by atoms with Crippen molar-refractivity contribution >= 4 is 28.4 Å². The first kappa shape index (κ1) is 32.2. The summed E-state index contributed by atoms with van der Waals surface area (Å²) < 4.78 is 26.0. The van der Waals surface area contributed by atoms with E-state index in [1.807, 2.05) is 12.1 Å². The maximum Gasteiger partial charge on any atom is 0.234 e. The lowest BCUT2D eigenvalue weighted by Gasteiger charge is -2.26. The molecule has 3 heterocycles. The Morgan fingerprint density at radius 1 is 1.13 bits per heavy atom. The third-order valence-electron chi connectivity index (χ3n) is 8.88. The zero-order valence-corrected chi connectivity index (χ0v) is 26.8. The average molecular weight is 640 g/mol. The maximum atomic E-state index is 13.9. The van der Waals surface area contributed by atoms with Crippen LogP contribution in [-0.2, 0) is 20.6 Å². The highest BCUT2D eigenvalue weighted by atomic mass is 19.1. The number of benzene rings is 2. The lowest BCUT2D eigenvalue weighted by Crippen LogP contribution is -2.44. The van der Waals surface area contributed by atoms with Crippen LogP contribution in [-0.4, -0.2) is 51.8 Å². The Hall–Kier alpha value is -4.70. The summed E-state index contributed by atoms with van der Waals surface area (Å²) in [7, 11) is 0. The summed E-state index contributed by atoms with van der Waals surface area (Å²) in [6, 6.07) is 14.6. The van der Waals surface area contributed by atoms with Gasteiger partial charge in [0.05, 0.1) is 11.8 Å². The summed E-state index contributed by atoms with van der Waals surface area (Å²) in [5.41, 5.74) is 0.163. The van der Waals surface area contributed by atoms with Gasteiger partial charge in [-0.05, 0) is 95.0 Å². The zero-order chi connectivity index (χ0) is 33.3. The van der Waals surface area contributed by atoms with E-state index >= 15 is 0 Å². The van der Waals surface area contributed by atoms with Crippen LogP contribution in [0.3, 0.4) is 0 Å². The van der Waals surface area contributed by atoms with E-state index in [1.54, 1.807) is 50.4 Å². The Morgan fingerprint density at radius 3 is 2.62 bits per heavy atom. The van der Waals surface area contributed by atoms with Crippen molar-refractivity contribution in [2.24, 2.45) is 0 Å².